The molecule has 0 aromatic rings. The zero-order valence-corrected chi connectivity index (χ0v) is 7.82. The minimum absolute atomic E-state index is 0. The summed E-state index contributed by atoms with van der Waals surface area (Å²) >= 11 is 0. The maximum Gasteiger partial charge on any atom is 0.394 e. The monoisotopic (exact) mass is 231 g/mol. The van der Waals surface area contributed by atoms with Crippen molar-refractivity contribution in [2.24, 2.45) is 5.73 Å². The molecule has 0 spiro atoms. The van der Waals surface area contributed by atoms with Gasteiger partial charge in [-0.2, -0.15) is 8.42 Å². The second-order valence-electron chi connectivity index (χ2n) is 1.98. The SMILES string of the molecule is C.CN(CCO)C(=N)N.O=S(=O)(O)O. The van der Waals surface area contributed by atoms with Gasteiger partial charge in [-0.1, -0.05) is 7.43 Å². The van der Waals surface area contributed by atoms with E-state index < -0.39 is 10.4 Å². The van der Waals surface area contributed by atoms with Crippen molar-refractivity contribution in [1.29, 1.82) is 5.41 Å². The van der Waals surface area contributed by atoms with Crippen molar-refractivity contribution in [1.82, 2.24) is 4.90 Å². The molecule has 0 bridgehead atoms. The Morgan fingerprint density at radius 3 is 1.86 bits per heavy atom. The van der Waals surface area contributed by atoms with E-state index in [0.29, 0.717) is 6.54 Å². The highest BCUT2D eigenvalue weighted by Crippen LogP contribution is 1.74. The summed E-state index contributed by atoms with van der Waals surface area (Å²) in [6.45, 7) is 0.464. The normalized spacial score (nSPS) is 9.14. The average molecular weight is 231 g/mol. The standard InChI is InChI=1S/C4H11N3O.CH4.H2O4S/c1-7(2-3-8)4(5)6;;1-5(2,3)4/h8H,2-3H2,1H3,(H3,5,6);1H4;(H2,1,2,3,4). The Kier molecular flexibility index (Phi) is 11.7. The summed E-state index contributed by atoms with van der Waals surface area (Å²) in [6.07, 6.45) is 0. The number of hydrogen-bond donors (Lipinski definition) is 5. The molecule has 0 aromatic heterocycles. The van der Waals surface area contributed by atoms with E-state index in [9.17, 15) is 0 Å². The first-order valence-electron chi connectivity index (χ1n) is 3.04. The highest BCUT2D eigenvalue weighted by molar-refractivity contribution is 7.79. The van der Waals surface area contributed by atoms with E-state index in [2.05, 4.69) is 0 Å². The fourth-order valence-electron chi connectivity index (χ4n) is 0.270. The lowest BCUT2D eigenvalue weighted by Gasteiger charge is -2.13. The van der Waals surface area contributed by atoms with Crippen molar-refractivity contribution in [2.75, 3.05) is 20.2 Å². The summed E-state index contributed by atoms with van der Waals surface area (Å²) in [7, 11) is -3.02. The van der Waals surface area contributed by atoms with Gasteiger partial charge >= 0.3 is 10.4 Å². The number of nitrogens with one attached hydrogen (secondary N) is 1. The zero-order chi connectivity index (χ0) is 11.1. The van der Waals surface area contributed by atoms with E-state index in [0.717, 1.165) is 0 Å². The first-order chi connectivity index (χ1) is 5.68. The topological polar surface area (TPSA) is 148 Å². The van der Waals surface area contributed by atoms with Crippen LogP contribution in [0.25, 0.3) is 0 Å². The third-order valence-corrected chi connectivity index (χ3v) is 0.847. The predicted molar refractivity (Wildman–Crippen MR) is 52.5 cm³/mol. The van der Waals surface area contributed by atoms with E-state index in [1.807, 2.05) is 0 Å². The maximum atomic E-state index is 8.74. The van der Waals surface area contributed by atoms with E-state index >= 15 is 0 Å². The minimum atomic E-state index is -4.67. The number of aliphatic hydroxyl groups is 1. The Morgan fingerprint density at radius 2 is 1.79 bits per heavy atom. The molecule has 0 rings (SSSR count). The molecule has 9 heteroatoms. The summed E-state index contributed by atoms with van der Waals surface area (Å²) in [6, 6.07) is 0. The van der Waals surface area contributed by atoms with Crippen molar-refractivity contribution >= 4 is 16.4 Å². The van der Waals surface area contributed by atoms with Crippen LogP contribution in [0.15, 0.2) is 0 Å². The lowest BCUT2D eigenvalue weighted by atomic mass is 10.6. The first kappa shape index (κ1) is 18.8. The van der Waals surface area contributed by atoms with Gasteiger partial charge in [0.1, 0.15) is 0 Å². The molecule has 0 aromatic carbocycles. The molecule has 0 radical (unpaired) electrons. The average Bonchev–Trinajstić information content (AvgIpc) is 1.84. The van der Waals surface area contributed by atoms with Gasteiger partial charge in [0.05, 0.1) is 6.61 Å². The predicted octanol–water partition coefficient (Wildman–Crippen LogP) is -1.21. The van der Waals surface area contributed by atoms with Gasteiger partial charge in [0.15, 0.2) is 5.96 Å². The molecular formula is C5H17N3O5S. The molecule has 6 N–H and O–H groups in total. The van der Waals surface area contributed by atoms with Crippen LogP contribution in [0.2, 0.25) is 0 Å². The molecule has 88 valence electrons. The number of hydrogen-bond acceptors (Lipinski definition) is 4. The van der Waals surface area contributed by atoms with Crippen molar-refractivity contribution in [3.63, 3.8) is 0 Å². The highest BCUT2D eigenvalue weighted by atomic mass is 32.3. The molecule has 8 nitrogen and oxygen atoms in total. The third-order valence-electron chi connectivity index (χ3n) is 0.847. The fourth-order valence-corrected chi connectivity index (χ4v) is 0.270. The van der Waals surface area contributed by atoms with Crippen LogP contribution >= 0.6 is 0 Å². The molecule has 0 aliphatic carbocycles. The number of nitrogens with zero attached hydrogens (tertiary/aromatic N) is 1. The Labute approximate surface area is 83.4 Å². The molecule has 0 fully saturated rings. The summed E-state index contributed by atoms with van der Waals surface area (Å²) < 4.78 is 31.6. The van der Waals surface area contributed by atoms with Crippen LogP contribution < -0.4 is 5.73 Å². The van der Waals surface area contributed by atoms with E-state index in [-0.39, 0.29) is 20.0 Å². The lowest BCUT2D eigenvalue weighted by molar-refractivity contribution is 0.262. The number of rotatable bonds is 2. The van der Waals surface area contributed by atoms with E-state index in [1.165, 1.54) is 4.90 Å². The van der Waals surface area contributed by atoms with E-state index in [4.69, 9.17) is 33.8 Å². The molecule has 0 saturated heterocycles. The molecular weight excluding hydrogens is 214 g/mol. The van der Waals surface area contributed by atoms with Crippen molar-refractivity contribution in [3.05, 3.63) is 0 Å². The van der Waals surface area contributed by atoms with Gasteiger partial charge in [-0.25, -0.2) is 0 Å². The largest absolute Gasteiger partial charge is 0.395 e. The first-order valence-corrected chi connectivity index (χ1v) is 4.44. The van der Waals surface area contributed by atoms with Crippen LogP contribution in [0.5, 0.6) is 0 Å². The number of likely N-dealkylation sites (N-methyl/N-ethyl adjacent to an activating group) is 1. The Balaban J connectivity index is -0.000000177. The molecule has 0 heterocycles. The summed E-state index contributed by atoms with van der Waals surface area (Å²) in [5.74, 6) is -0.0148. The van der Waals surface area contributed by atoms with Gasteiger partial charge in [0.2, 0.25) is 0 Å². The summed E-state index contributed by atoms with van der Waals surface area (Å²) in [4.78, 5) is 1.46. The second-order valence-corrected chi connectivity index (χ2v) is 2.87. The molecule has 0 unspecified atom stereocenters. The minimum Gasteiger partial charge on any atom is -0.395 e. The Hall–Kier alpha value is -0.900. The van der Waals surface area contributed by atoms with Gasteiger partial charge in [-0.15, -0.1) is 0 Å². The molecule has 0 aliphatic rings. The maximum absolute atomic E-state index is 8.74. The fraction of sp³-hybridized carbons (Fsp3) is 0.800. The molecule has 0 saturated carbocycles. The number of aliphatic hydroxyl groups excluding tert-OH is 1. The molecule has 0 atom stereocenters. The van der Waals surface area contributed by atoms with Gasteiger partial charge in [0.25, 0.3) is 0 Å². The van der Waals surface area contributed by atoms with Crippen molar-refractivity contribution in [3.8, 4) is 0 Å². The third kappa shape index (κ3) is 30.4. The lowest BCUT2D eigenvalue weighted by Crippen LogP contribution is -2.34. The van der Waals surface area contributed by atoms with Gasteiger partial charge in [-0.05, 0) is 0 Å². The van der Waals surface area contributed by atoms with Gasteiger partial charge in [0, 0.05) is 13.6 Å². The van der Waals surface area contributed by atoms with Crippen LogP contribution in [-0.4, -0.2) is 53.7 Å². The quantitative estimate of drug-likeness (QED) is 0.227. The van der Waals surface area contributed by atoms with E-state index in [1.54, 1.807) is 7.05 Å². The van der Waals surface area contributed by atoms with Crippen LogP contribution in [0.3, 0.4) is 0 Å². The second kappa shape index (κ2) is 8.69. The molecule has 0 aliphatic heterocycles. The van der Waals surface area contributed by atoms with Crippen LogP contribution in [0, 0.1) is 5.41 Å². The van der Waals surface area contributed by atoms with Crippen LogP contribution in [0.4, 0.5) is 0 Å². The Bertz CT molecular complexity index is 232. The molecule has 14 heavy (non-hydrogen) atoms. The van der Waals surface area contributed by atoms with Crippen LogP contribution in [0.1, 0.15) is 7.43 Å². The Morgan fingerprint density at radius 1 is 1.50 bits per heavy atom. The van der Waals surface area contributed by atoms with Gasteiger partial charge in [-0.3, -0.25) is 14.5 Å². The number of guanidine groups is 1. The summed E-state index contributed by atoms with van der Waals surface area (Å²) in [5.41, 5.74) is 5.02. The summed E-state index contributed by atoms with van der Waals surface area (Å²) in [5, 5.41) is 15.1. The smallest absolute Gasteiger partial charge is 0.394 e. The number of nitrogens with two attached hydrogens (primary N) is 1. The molecule has 0 amide bonds. The highest BCUT2D eigenvalue weighted by Gasteiger charge is 1.94. The van der Waals surface area contributed by atoms with Gasteiger partial charge < -0.3 is 15.7 Å². The van der Waals surface area contributed by atoms with Crippen molar-refractivity contribution < 1.29 is 22.6 Å². The zero-order valence-electron chi connectivity index (χ0n) is 7.01. The van der Waals surface area contributed by atoms with Crippen LogP contribution in [-0.2, 0) is 10.4 Å². The van der Waals surface area contributed by atoms with Crippen molar-refractivity contribution in [2.45, 2.75) is 7.43 Å².